The number of amides is 1. The minimum Gasteiger partial charge on any atom is -0.488 e. The maximum atomic E-state index is 13.4. The number of aryl methyl sites for hydroxylation is 2. The summed E-state index contributed by atoms with van der Waals surface area (Å²) in [7, 11) is 2.11. The molecule has 2 aromatic heterocycles. The number of para-hydroxylation sites is 1. The standard InChI is InChI=1S/C23H26ClN5O2/c1-14-21(24)15(2)29-22(25-14)18-12-28(13-19(18)26-29)23(30)17-8-4-5-9-20(17)31-16-7-6-10-27(3)11-16/h4-5,8-9,16H,6-7,10-13H2,1-3H3/t16-/m0/s1. The first-order valence-electron chi connectivity index (χ1n) is 10.7. The molecule has 2 aliphatic heterocycles. The van der Waals surface area contributed by atoms with E-state index in [0.29, 0.717) is 29.4 Å². The van der Waals surface area contributed by atoms with Crippen LogP contribution in [0.5, 0.6) is 5.75 Å². The summed E-state index contributed by atoms with van der Waals surface area (Å²) in [5.41, 5.74) is 4.88. The summed E-state index contributed by atoms with van der Waals surface area (Å²) in [5.74, 6) is 0.612. The number of halogens is 1. The maximum Gasteiger partial charge on any atom is 0.258 e. The SMILES string of the molecule is Cc1nc2c3c(nn2c(C)c1Cl)CN(C(=O)c1ccccc1O[C@H]1CCCN(C)C1)C3. The van der Waals surface area contributed by atoms with Crippen LogP contribution in [0.1, 0.15) is 45.8 Å². The predicted molar refractivity (Wildman–Crippen MR) is 119 cm³/mol. The van der Waals surface area contributed by atoms with Crippen molar-refractivity contribution < 1.29 is 9.53 Å². The number of fused-ring (bicyclic) bond motifs is 3. The Hall–Kier alpha value is -2.64. The fraction of sp³-hybridized carbons (Fsp3) is 0.435. The van der Waals surface area contributed by atoms with E-state index < -0.39 is 0 Å². The molecule has 0 unspecified atom stereocenters. The molecule has 2 aliphatic rings. The van der Waals surface area contributed by atoms with Gasteiger partial charge in [-0.25, -0.2) is 9.50 Å². The summed E-state index contributed by atoms with van der Waals surface area (Å²) in [6, 6.07) is 7.54. The van der Waals surface area contributed by atoms with E-state index in [1.807, 2.05) is 43.0 Å². The van der Waals surface area contributed by atoms with Crippen molar-refractivity contribution in [1.82, 2.24) is 24.4 Å². The molecule has 1 amide bonds. The molecule has 0 N–H and O–H groups in total. The van der Waals surface area contributed by atoms with E-state index >= 15 is 0 Å². The molecule has 0 bridgehead atoms. The van der Waals surface area contributed by atoms with E-state index in [-0.39, 0.29) is 12.0 Å². The number of hydrogen-bond acceptors (Lipinski definition) is 5. The second-order valence-corrected chi connectivity index (χ2v) is 8.94. The highest BCUT2D eigenvalue weighted by atomic mass is 35.5. The summed E-state index contributed by atoms with van der Waals surface area (Å²) in [6.07, 6.45) is 2.22. The molecule has 0 aliphatic carbocycles. The van der Waals surface area contributed by atoms with Gasteiger partial charge in [0.2, 0.25) is 0 Å². The third-order valence-corrected chi connectivity index (χ3v) is 6.78. The van der Waals surface area contributed by atoms with Crippen LogP contribution in [-0.2, 0) is 13.1 Å². The fourth-order valence-electron chi connectivity index (χ4n) is 4.57. The maximum absolute atomic E-state index is 13.4. The molecule has 4 heterocycles. The van der Waals surface area contributed by atoms with Crippen LogP contribution >= 0.6 is 11.6 Å². The van der Waals surface area contributed by atoms with E-state index in [2.05, 4.69) is 22.0 Å². The number of hydrogen-bond donors (Lipinski definition) is 0. The summed E-state index contributed by atoms with van der Waals surface area (Å²) in [5, 5.41) is 5.31. The van der Waals surface area contributed by atoms with Crippen molar-refractivity contribution >= 4 is 23.2 Å². The summed E-state index contributed by atoms with van der Waals surface area (Å²) in [6.45, 7) is 6.72. The zero-order valence-electron chi connectivity index (χ0n) is 18.1. The molecule has 162 valence electrons. The van der Waals surface area contributed by atoms with Crippen LogP contribution in [0.25, 0.3) is 5.65 Å². The largest absolute Gasteiger partial charge is 0.488 e. The van der Waals surface area contributed by atoms with Crippen LogP contribution in [0.4, 0.5) is 0 Å². The number of nitrogens with zero attached hydrogens (tertiary/aromatic N) is 5. The summed E-state index contributed by atoms with van der Waals surface area (Å²) < 4.78 is 8.07. The lowest BCUT2D eigenvalue weighted by molar-refractivity contribution is 0.0728. The lowest BCUT2D eigenvalue weighted by atomic mass is 10.1. The summed E-state index contributed by atoms with van der Waals surface area (Å²) >= 11 is 6.34. The van der Waals surface area contributed by atoms with E-state index in [0.717, 1.165) is 54.2 Å². The number of rotatable bonds is 3. The molecule has 5 rings (SSSR count). The first-order valence-corrected chi connectivity index (χ1v) is 11.1. The van der Waals surface area contributed by atoms with Gasteiger partial charge in [-0.05, 0) is 52.4 Å². The van der Waals surface area contributed by atoms with Gasteiger partial charge in [-0.15, -0.1) is 0 Å². The highest BCUT2D eigenvalue weighted by Crippen LogP contribution is 2.31. The Morgan fingerprint density at radius 1 is 1.23 bits per heavy atom. The van der Waals surface area contributed by atoms with E-state index in [4.69, 9.17) is 16.3 Å². The third kappa shape index (κ3) is 3.55. The third-order valence-electron chi connectivity index (χ3n) is 6.24. The summed E-state index contributed by atoms with van der Waals surface area (Å²) in [4.78, 5) is 22.1. The molecular weight excluding hydrogens is 414 g/mol. The molecule has 0 radical (unpaired) electrons. The molecule has 1 fully saturated rings. The van der Waals surface area contributed by atoms with Gasteiger partial charge in [-0.3, -0.25) is 4.79 Å². The van der Waals surface area contributed by atoms with Crippen LogP contribution in [0.15, 0.2) is 24.3 Å². The second kappa shape index (κ2) is 7.80. The number of carbonyl (C=O) groups excluding carboxylic acids is 1. The van der Waals surface area contributed by atoms with Crippen molar-refractivity contribution in [3.8, 4) is 5.75 Å². The smallest absolute Gasteiger partial charge is 0.258 e. The lowest BCUT2D eigenvalue weighted by Crippen LogP contribution is -2.39. The number of piperidine rings is 1. The van der Waals surface area contributed by atoms with E-state index in [9.17, 15) is 4.79 Å². The normalized spacial score (nSPS) is 19.1. The molecule has 31 heavy (non-hydrogen) atoms. The van der Waals surface area contributed by atoms with Gasteiger partial charge in [0.25, 0.3) is 5.91 Å². The van der Waals surface area contributed by atoms with Gasteiger partial charge in [0.05, 0.1) is 40.8 Å². The number of ether oxygens (including phenoxy) is 1. The zero-order valence-corrected chi connectivity index (χ0v) is 18.8. The van der Waals surface area contributed by atoms with Crippen LogP contribution in [0.3, 0.4) is 0 Å². The highest BCUT2D eigenvalue weighted by Gasteiger charge is 2.32. The Balaban J connectivity index is 1.40. The highest BCUT2D eigenvalue weighted by molar-refractivity contribution is 6.31. The van der Waals surface area contributed by atoms with E-state index in [1.54, 1.807) is 4.52 Å². The fourth-order valence-corrected chi connectivity index (χ4v) is 4.69. The molecule has 1 aromatic carbocycles. The van der Waals surface area contributed by atoms with Crippen molar-refractivity contribution in [2.75, 3.05) is 20.1 Å². The quantitative estimate of drug-likeness (QED) is 0.623. The van der Waals surface area contributed by atoms with Gasteiger partial charge in [-0.1, -0.05) is 23.7 Å². The van der Waals surface area contributed by atoms with Crippen molar-refractivity contribution in [2.24, 2.45) is 0 Å². The lowest BCUT2D eigenvalue weighted by Gasteiger charge is -2.30. The molecule has 1 atom stereocenters. The molecule has 0 saturated carbocycles. The van der Waals surface area contributed by atoms with Crippen molar-refractivity contribution in [3.63, 3.8) is 0 Å². The molecule has 8 heteroatoms. The average Bonchev–Trinajstić information content (AvgIpc) is 3.31. The van der Waals surface area contributed by atoms with Crippen LogP contribution in [-0.4, -0.2) is 56.5 Å². The molecule has 3 aromatic rings. The van der Waals surface area contributed by atoms with Crippen molar-refractivity contribution in [3.05, 3.63) is 57.5 Å². The monoisotopic (exact) mass is 439 g/mol. The van der Waals surface area contributed by atoms with Crippen LogP contribution in [0.2, 0.25) is 5.02 Å². The van der Waals surface area contributed by atoms with Crippen LogP contribution < -0.4 is 4.74 Å². The van der Waals surface area contributed by atoms with Crippen LogP contribution in [0, 0.1) is 13.8 Å². The van der Waals surface area contributed by atoms with Crippen molar-refractivity contribution in [1.29, 1.82) is 0 Å². The first kappa shape index (κ1) is 20.3. The number of aromatic nitrogens is 3. The number of carbonyl (C=O) groups is 1. The molecule has 7 nitrogen and oxygen atoms in total. The molecule has 1 saturated heterocycles. The average molecular weight is 440 g/mol. The Bertz CT molecular complexity index is 1170. The van der Waals surface area contributed by atoms with Crippen molar-refractivity contribution in [2.45, 2.75) is 45.9 Å². The van der Waals surface area contributed by atoms with Gasteiger partial charge in [-0.2, -0.15) is 5.10 Å². The van der Waals surface area contributed by atoms with Gasteiger partial charge in [0, 0.05) is 12.1 Å². The minimum absolute atomic E-state index is 0.0432. The number of likely N-dealkylation sites (tertiary alicyclic amines) is 1. The topological polar surface area (TPSA) is 63.0 Å². The van der Waals surface area contributed by atoms with Gasteiger partial charge < -0.3 is 14.5 Å². The van der Waals surface area contributed by atoms with E-state index in [1.165, 1.54) is 0 Å². The molecule has 0 spiro atoms. The zero-order chi connectivity index (χ0) is 21.7. The van der Waals surface area contributed by atoms with Gasteiger partial charge >= 0.3 is 0 Å². The Morgan fingerprint density at radius 2 is 2.03 bits per heavy atom. The predicted octanol–water partition coefficient (Wildman–Crippen LogP) is 3.63. The minimum atomic E-state index is -0.0432. The number of likely N-dealkylation sites (N-methyl/N-ethyl adjacent to an activating group) is 1. The Kier molecular flexibility index (Phi) is 5.10. The van der Waals surface area contributed by atoms with Gasteiger partial charge in [0.1, 0.15) is 11.9 Å². The second-order valence-electron chi connectivity index (χ2n) is 8.56. The van der Waals surface area contributed by atoms with Gasteiger partial charge in [0.15, 0.2) is 5.65 Å². The molecular formula is C23H26ClN5O2. The Labute approximate surface area is 186 Å². The Morgan fingerprint density at radius 3 is 2.84 bits per heavy atom. The first-order chi connectivity index (χ1) is 14.9. The number of benzene rings is 1.